The van der Waals surface area contributed by atoms with Crippen molar-refractivity contribution < 1.29 is 18.7 Å². The molecule has 0 aliphatic carbocycles. The van der Waals surface area contributed by atoms with E-state index in [1.54, 1.807) is 29.9 Å². The van der Waals surface area contributed by atoms with Crippen LogP contribution in [0.3, 0.4) is 0 Å². The normalized spacial score (nSPS) is 11.9. The highest BCUT2D eigenvalue weighted by Gasteiger charge is 2.16. The highest BCUT2D eigenvalue weighted by molar-refractivity contribution is 7.16. The molecule has 1 amide bonds. The molecule has 0 bridgehead atoms. The van der Waals surface area contributed by atoms with Gasteiger partial charge in [0, 0.05) is 12.7 Å². The zero-order chi connectivity index (χ0) is 18.1. The number of ether oxygens (including phenoxy) is 1. The van der Waals surface area contributed by atoms with E-state index in [0.717, 1.165) is 17.0 Å². The number of rotatable bonds is 3. The number of methoxy groups -OCH3 is 1. The van der Waals surface area contributed by atoms with Gasteiger partial charge in [-0.2, -0.15) is 10.1 Å². The highest BCUT2D eigenvalue weighted by Crippen LogP contribution is 2.20. The Hall–Kier alpha value is -2.81. The molecule has 7 nitrogen and oxygen atoms in total. The van der Waals surface area contributed by atoms with Crippen molar-refractivity contribution in [2.24, 2.45) is 12.0 Å². The number of carbonyl (C=O) groups is 2. The number of aromatic nitrogens is 3. The number of benzene rings is 1. The van der Waals surface area contributed by atoms with Gasteiger partial charge in [0.15, 0.2) is 10.5 Å². The maximum absolute atomic E-state index is 14.2. The van der Waals surface area contributed by atoms with E-state index in [4.69, 9.17) is 0 Å². The molecule has 0 N–H and O–H groups in total. The van der Waals surface area contributed by atoms with Gasteiger partial charge in [0.1, 0.15) is 12.4 Å². The third-order valence-corrected chi connectivity index (χ3v) is 4.74. The molecule has 0 aliphatic heterocycles. The Balaban J connectivity index is 2.17. The molecule has 0 unspecified atom stereocenters. The monoisotopic (exact) mass is 362 g/mol. The van der Waals surface area contributed by atoms with Gasteiger partial charge in [0.2, 0.25) is 0 Å². The van der Waals surface area contributed by atoms with Gasteiger partial charge in [-0.1, -0.05) is 17.4 Å². The molecule has 0 spiro atoms. The van der Waals surface area contributed by atoms with E-state index in [1.807, 2.05) is 6.92 Å². The van der Waals surface area contributed by atoms with Crippen molar-refractivity contribution in [2.75, 3.05) is 7.11 Å². The lowest BCUT2D eigenvalue weighted by Crippen LogP contribution is -2.23. The number of amides is 1. The van der Waals surface area contributed by atoms with Crippen LogP contribution in [0.25, 0.3) is 10.2 Å². The molecule has 1 aromatic carbocycles. The Kier molecular flexibility index (Phi) is 4.49. The van der Waals surface area contributed by atoms with Gasteiger partial charge in [-0.15, -0.1) is 0 Å². The lowest BCUT2D eigenvalue weighted by molar-refractivity contribution is -0.141. The lowest BCUT2D eigenvalue weighted by atomic mass is 10.3. The molecule has 0 atom stereocenters. The van der Waals surface area contributed by atoms with Crippen LogP contribution in [-0.4, -0.2) is 33.3 Å². The summed E-state index contributed by atoms with van der Waals surface area (Å²) in [5, 5.41) is 4.09. The molecule has 0 fully saturated rings. The zero-order valence-corrected chi connectivity index (χ0v) is 14.6. The van der Waals surface area contributed by atoms with E-state index >= 15 is 0 Å². The van der Waals surface area contributed by atoms with E-state index < -0.39 is 17.7 Å². The number of halogens is 1. The highest BCUT2D eigenvalue weighted by atomic mass is 32.1. The summed E-state index contributed by atoms with van der Waals surface area (Å²) in [6, 6.07) is 6.16. The van der Waals surface area contributed by atoms with Crippen molar-refractivity contribution in [3.63, 3.8) is 0 Å². The number of nitrogens with zero attached hydrogens (tertiary/aromatic N) is 4. The molecule has 3 aromatic rings. The molecule has 2 aromatic heterocycles. The molecular formula is C16H15FN4O3S. The average Bonchev–Trinajstić information content (AvgIpc) is 3.09. The first kappa shape index (κ1) is 17.0. The van der Waals surface area contributed by atoms with Crippen LogP contribution >= 0.6 is 11.3 Å². The molecule has 0 saturated carbocycles. The minimum Gasteiger partial charge on any atom is -0.468 e. The Morgan fingerprint density at radius 2 is 2.16 bits per heavy atom. The largest absolute Gasteiger partial charge is 0.468 e. The number of aryl methyl sites for hydroxylation is 2. The van der Waals surface area contributed by atoms with Crippen molar-refractivity contribution in [2.45, 2.75) is 13.5 Å². The molecular weight excluding hydrogens is 347 g/mol. The van der Waals surface area contributed by atoms with Crippen molar-refractivity contribution >= 4 is 33.4 Å². The lowest BCUT2D eigenvalue weighted by Gasteiger charge is -2.04. The van der Waals surface area contributed by atoms with E-state index in [2.05, 4.69) is 14.8 Å². The van der Waals surface area contributed by atoms with Crippen LogP contribution in [0.5, 0.6) is 0 Å². The Morgan fingerprint density at radius 3 is 2.80 bits per heavy atom. The molecule has 0 saturated heterocycles. The van der Waals surface area contributed by atoms with Crippen LogP contribution in [0, 0.1) is 12.7 Å². The second kappa shape index (κ2) is 6.60. The molecule has 0 aliphatic rings. The van der Waals surface area contributed by atoms with E-state index in [1.165, 1.54) is 17.7 Å². The van der Waals surface area contributed by atoms with Crippen LogP contribution in [0.4, 0.5) is 4.39 Å². The quantitative estimate of drug-likeness (QED) is 0.666. The van der Waals surface area contributed by atoms with Crippen molar-refractivity contribution in [1.82, 2.24) is 14.3 Å². The number of hydrogen-bond acceptors (Lipinski definition) is 5. The standard InChI is InChI=1S/C16H15FN4O3S/c1-9-7-11(19-20(9)2)15(23)18-16-21(8-13(22)24-3)14-10(17)5-4-6-12(14)25-16/h4-7H,8H2,1-3H3. The minimum absolute atomic E-state index is 0.183. The van der Waals surface area contributed by atoms with Gasteiger partial charge in [-0.05, 0) is 25.1 Å². The molecule has 25 heavy (non-hydrogen) atoms. The summed E-state index contributed by atoms with van der Waals surface area (Å²) < 4.78 is 22.4. The van der Waals surface area contributed by atoms with Crippen LogP contribution < -0.4 is 4.80 Å². The third kappa shape index (κ3) is 3.22. The minimum atomic E-state index is -0.564. The van der Waals surface area contributed by atoms with Crippen LogP contribution in [0.15, 0.2) is 29.3 Å². The maximum Gasteiger partial charge on any atom is 0.325 e. The summed E-state index contributed by atoms with van der Waals surface area (Å²) >= 11 is 1.12. The Labute approximate surface area is 146 Å². The van der Waals surface area contributed by atoms with Gasteiger partial charge >= 0.3 is 5.97 Å². The summed E-state index contributed by atoms with van der Waals surface area (Å²) in [4.78, 5) is 28.3. The number of carbonyl (C=O) groups excluding carboxylic acids is 2. The maximum atomic E-state index is 14.2. The summed E-state index contributed by atoms with van der Waals surface area (Å²) in [5.74, 6) is -1.62. The number of thiazole rings is 1. The predicted molar refractivity (Wildman–Crippen MR) is 89.6 cm³/mol. The summed E-state index contributed by atoms with van der Waals surface area (Å²) in [7, 11) is 2.96. The summed E-state index contributed by atoms with van der Waals surface area (Å²) in [5.41, 5.74) is 1.20. The van der Waals surface area contributed by atoms with Crippen molar-refractivity contribution in [3.05, 3.63) is 46.3 Å². The zero-order valence-electron chi connectivity index (χ0n) is 13.8. The molecule has 130 valence electrons. The fourth-order valence-corrected chi connectivity index (χ4v) is 3.36. The number of fused-ring (bicyclic) bond motifs is 1. The van der Waals surface area contributed by atoms with Crippen molar-refractivity contribution in [1.29, 1.82) is 0 Å². The molecule has 3 rings (SSSR count). The fourth-order valence-electron chi connectivity index (χ4n) is 2.32. The molecule has 9 heteroatoms. The first-order valence-electron chi connectivity index (χ1n) is 7.35. The first-order chi connectivity index (χ1) is 11.9. The Bertz CT molecular complexity index is 1030. The van der Waals surface area contributed by atoms with E-state index in [0.29, 0.717) is 4.70 Å². The average molecular weight is 362 g/mol. The topological polar surface area (TPSA) is 78.5 Å². The predicted octanol–water partition coefficient (Wildman–Crippen LogP) is 1.80. The second-order valence-electron chi connectivity index (χ2n) is 5.35. The third-order valence-electron chi connectivity index (χ3n) is 3.70. The van der Waals surface area contributed by atoms with Gasteiger partial charge in [-0.25, -0.2) is 4.39 Å². The van der Waals surface area contributed by atoms with Gasteiger partial charge < -0.3 is 9.30 Å². The Morgan fingerprint density at radius 1 is 1.40 bits per heavy atom. The first-order valence-corrected chi connectivity index (χ1v) is 8.16. The summed E-state index contributed by atoms with van der Waals surface area (Å²) in [6.45, 7) is 1.57. The molecule has 0 radical (unpaired) electrons. The van der Waals surface area contributed by atoms with Crippen LogP contribution in [0.1, 0.15) is 16.2 Å². The number of hydrogen-bond donors (Lipinski definition) is 0. The van der Waals surface area contributed by atoms with Crippen molar-refractivity contribution in [3.8, 4) is 0 Å². The van der Waals surface area contributed by atoms with Gasteiger partial charge in [0.05, 0.1) is 17.3 Å². The smallest absolute Gasteiger partial charge is 0.325 e. The second-order valence-corrected chi connectivity index (χ2v) is 6.35. The van der Waals surface area contributed by atoms with E-state index in [-0.39, 0.29) is 22.6 Å². The number of esters is 1. The van der Waals surface area contributed by atoms with E-state index in [9.17, 15) is 14.0 Å². The summed E-state index contributed by atoms with van der Waals surface area (Å²) in [6.07, 6.45) is 0. The SMILES string of the molecule is COC(=O)Cn1c(=NC(=O)c2cc(C)n(C)n2)sc2cccc(F)c21. The van der Waals surface area contributed by atoms with Gasteiger partial charge in [0.25, 0.3) is 5.91 Å². The fraction of sp³-hybridized carbons (Fsp3) is 0.250. The van der Waals surface area contributed by atoms with Crippen LogP contribution in [-0.2, 0) is 23.1 Å². The van der Waals surface area contributed by atoms with Gasteiger partial charge in [-0.3, -0.25) is 14.3 Å². The number of para-hydroxylation sites is 1. The van der Waals surface area contributed by atoms with Crippen LogP contribution in [0.2, 0.25) is 0 Å². The molecule has 2 heterocycles.